The Balaban J connectivity index is 0.840. The topological polar surface area (TPSA) is 236 Å². The summed E-state index contributed by atoms with van der Waals surface area (Å²) in [6.45, 7) is 11.1. The summed E-state index contributed by atoms with van der Waals surface area (Å²) in [5.41, 5.74) is 1.67. The molecule has 5 heterocycles. The van der Waals surface area contributed by atoms with E-state index in [1.54, 1.807) is 0 Å². The zero-order valence-electron chi connectivity index (χ0n) is 35.6. The summed E-state index contributed by atoms with van der Waals surface area (Å²) in [6, 6.07) is 0. The second-order valence-corrected chi connectivity index (χ2v) is 20.6. The van der Waals surface area contributed by atoms with Crippen molar-refractivity contribution in [3.8, 4) is 0 Å². The molecule has 8 N–H and O–H groups in total. The molecule has 9 rings (SSSR count). The molecule has 0 aromatic carbocycles. The standard InChI is InChI=1S/C44H70O16/c1-19-8-13-44(54-17-19)20(2)30-28(60-44)15-26-24-7-6-22-14-23(9-11-42(22,4)25(24)10-12-43(26,30)5)56-41-38(31(47)27(46)18-53-41)59-39-36(52)34(50)37(21(3)55-39)58-40-35(51)33(49)32(48)29(16-45)57-40/h6,19-21,23-41,45-52H,7-18H2,1-5H3/t19-,20+,21+,23+,24-,25+,26+,27+,28+,29-,30+,31+,32-,33+,34+,35-,36-,37+,38-,39+,40+,41+,42+,43+,44-/m1/s1. The van der Waals surface area contributed by atoms with Crippen LogP contribution in [0.3, 0.4) is 0 Å². The van der Waals surface area contributed by atoms with Crippen LogP contribution < -0.4 is 0 Å². The third kappa shape index (κ3) is 7.19. The molecule has 0 bridgehead atoms. The van der Waals surface area contributed by atoms with Gasteiger partial charge in [-0.05, 0) is 98.7 Å². The van der Waals surface area contributed by atoms with Gasteiger partial charge in [0.25, 0.3) is 0 Å². The summed E-state index contributed by atoms with van der Waals surface area (Å²) in [4.78, 5) is 0. The van der Waals surface area contributed by atoms with Crippen molar-refractivity contribution in [3.05, 3.63) is 11.6 Å². The van der Waals surface area contributed by atoms with E-state index in [0.29, 0.717) is 41.9 Å². The maximum absolute atomic E-state index is 11.2. The van der Waals surface area contributed by atoms with Crippen LogP contribution in [0.4, 0.5) is 0 Å². The van der Waals surface area contributed by atoms with Crippen molar-refractivity contribution >= 4 is 0 Å². The normalized spacial score (nSPS) is 57.9. The second-order valence-electron chi connectivity index (χ2n) is 20.6. The second kappa shape index (κ2) is 16.5. The van der Waals surface area contributed by atoms with Crippen molar-refractivity contribution in [2.45, 2.75) is 196 Å². The van der Waals surface area contributed by atoms with Crippen LogP contribution in [0.25, 0.3) is 0 Å². The largest absolute Gasteiger partial charge is 0.394 e. The van der Waals surface area contributed by atoms with Gasteiger partial charge in [-0.3, -0.25) is 0 Å². The number of hydrogen-bond donors (Lipinski definition) is 8. The fourth-order valence-electron chi connectivity index (χ4n) is 13.8. The lowest BCUT2D eigenvalue weighted by Gasteiger charge is -2.58. The lowest BCUT2D eigenvalue weighted by molar-refractivity contribution is -0.378. The van der Waals surface area contributed by atoms with Crippen LogP contribution in [0.2, 0.25) is 0 Å². The molecular weight excluding hydrogens is 784 g/mol. The maximum Gasteiger partial charge on any atom is 0.187 e. The maximum atomic E-state index is 11.2. The van der Waals surface area contributed by atoms with Crippen molar-refractivity contribution < 1.29 is 78.7 Å². The summed E-state index contributed by atoms with van der Waals surface area (Å²) in [5.74, 6) is 2.82. The van der Waals surface area contributed by atoms with Gasteiger partial charge < -0.3 is 78.7 Å². The number of ether oxygens (including phenoxy) is 8. The molecule has 342 valence electrons. The van der Waals surface area contributed by atoms with Gasteiger partial charge in [-0.1, -0.05) is 39.3 Å². The molecule has 0 aromatic heterocycles. The highest BCUT2D eigenvalue weighted by molar-refractivity contribution is 5.26. The Hall–Kier alpha value is -0.900. The smallest absolute Gasteiger partial charge is 0.187 e. The Morgan fingerprint density at radius 2 is 1.47 bits per heavy atom. The Labute approximate surface area is 352 Å². The Kier molecular flexibility index (Phi) is 12.2. The van der Waals surface area contributed by atoms with Crippen molar-refractivity contribution in [2.75, 3.05) is 19.8 Å². The molecule has 0 aromatic rings. The summed E-state index contributed by atoms with van der Waals surface area (Å²) >= 11 is 0. The van der Waals surface area contributed by atoms with Gasteiger partial charge >= 0.3 is 0 Å². The van der Waals surface area contributed by atoms with Gasteiger partial charge in [0.2, 0.25) is 0 Å². The van der Waals surface area contributed by atoms with E-state index in [1.165, 1.54) is 25.3 Å². The van der Waals surface area contributed by atoms with Gasteiger partial charge in [-0.25, -0.2) is 0 Å². The number of rotatable bonds is 7. The van der Waals surface area contributed by atoms with Gasteiger partial charge in [-0.2, -0.15) is 0 Å². The SMILES string of the molecule is C[C@@H]1CC[C@@]2(OC1)O[C@H]1C[C@H]3[C@@H]4CC=C5C[C@@H](O[C@@H]6OC[C@H](O)[C@H](O)[C@H]6O[C@@H]6O[C@@H](C)[C@H](O[C@@H]7O[C@H](CO)[C@@H](O)[C@H](O)[C@H]7O)[C@@H](O)[C@H]6O)CC[C@]5(C)[C@H]4CC[C@]3(C)[C@H]1[C@@H]2C. The minimum atomic E-state index is -1.74. The summed E-state index contributed by atoms with van der Waals surface area (Å²) in [5, 5.41) is 84.6. The predicted octanol–water partition coefficient (Wildman–Crippen LogP) is 0.853. The lowest BCUT2D eigenvalue weighted by Crippen LogP contribution is -2.65. The molecular formula is C44H70O16. The molecule has 16 nitrogen and oxygen atoms in total. The molecule has 25 atom stereocenters. The molecule has 0 amide bonds. The molecule has 60 heavy (non-hydrogen) atoms. The Bertz CT molecular complexity index is 1560. The molecule has 0 unspecified atom stereocenters. The summed E-state index contributed by atoms with van der Waals surface area (Å²) in [6.07, 6.45) is -8.70. The first-order valence-electron chi connectivity index (χ1n) is 22.8. The van der Waals surface area contributed by atoms with Crippen LogP contribution in [-0.2, 0) is 37.9 Å². The third-order valence-electron chi connectivity index (χ3n) is 17.3. The Morgan fingerprint density at radius 1 is 0.733 bits per heavy atom. The van der Waals surface area contributed by atoms with Crippen LogP contribution in [0, 0.1) is 46.3 Å². The highest BCUT2D eigenvalue weighted by atomic mass is 16.8. The lowest BCUT2D eigenvalue weighted by atomic mass is 9.47. The molecule has 1 spiro atoms. The summed E-state index contributed by atoms with van der Waals surface area (Å²) < 4.78 is 49.3. The number of hydrogen-bond acceptors (Lipinski definition) is 16. The van der Waals surface area contributed by atoms with Crippen molar-refractivity contribution in [3.63, 3.8) is 0 Å². The fourth-order valence-corrected chi connectivity index (χ4v) is 13.8. The number of aliphatic hydroxyl groups is 8. The minimum absolute atomic E-state index is 0.0394. The van der Waals surface area contributed by atoms with Crippen molar-refractivity contribution in [1.29, 1.82) is 0 Å². The van der Waals surface area contributed by atoms with E-state index in [-0.39, 0.29) is 29.6 Å². The van der Waals surface area contributed by atoms with Crippen molar-refractivity contribution in [2.24, 2.45) is 46.3 Å². The van der Waals surface area contributed by atoms with Gasteiger partial charge in [0.1, 0.15) is 61.0 Å². The van der Waals surface area contributed by atoms with Crippen molar-refractivity contribution in [1.82, 2.24) is 0 Å². The summed E-state index contributed by atoms with van der Waals surface area (Å²) in [7, 11) is 0. The zero-order valence-corrected chi connectivity index (χ0v) is 35.6. The predicted molar refractivity (Wildman–Crippen MR) is 208 cm³/mol. The number of aliphatic hydroxyl groups excluding tert-OH is 8. The average Bonchev–Trinajstić information content (AvgIpc) is 3.67. The average molecular weight is 855 g/mol. The molecule has 8 fully saturated rings. The quantitative estimate of drug-likeness (QED) is 0.166. The molecule has 16 heteroatoms. The van der Waals surface area contributed by atoms with Crippen LogP contribution in [0.15, 0.2) is 11.6 Å². The first kappa shape index (κ1) is 44.3. The Morgan fingerprint density at radius 3 is 2.20 bits per heavy atom. The van der Waals surface area contributed by atoms with Crippen LogP contribution in [0.5, 0.6) is 0 Å². The third-order valence-corrected chi connectivity index (χ3v) is 17.3. The molecule has 5 saturated heterocycles. The van der Waals surface area contributed by atoms with E-state index in [4.69, 9.17) is 37.9 Å². The van der Waals surface area contributed by atoms with E-state index < -0.39 is 98.4 Å². The van der Waals surface area contributed by atoms with Crippen LogP contribution in [-0.4, -0.2) is 165 Å². The monoisotopic (exact) mass is 854 g/mol. The van der Waals surface area contributed by atoms with E-state index >= 15 is 0 Å². The fraction of sp³-hybridized carbons (Fsp3) is 0.955. The van der Waals surface area contributed by atoms with E-state index in [2.05, 4.69) is 33.8 Å². The van der Waals surface area contributed by atoms with E-state index in [1.807, 2.05) is 0 Å². The van der Waals surface area contributed by atoms with Crippen LogP contribution >= 0.6 is 0 Å². The first-order chi connectivity index (χ1) is 28.5. The molecule has 9 aliphatic rings. The molecule has 4 aliphatic carbocycles. The van der Waals surface area contributed by atoms with Gasteiger partial charge in [0.15, 0.2) is 24.7 Å². The molecule has 0 radical (unpaired) electrons. The highest BCUT2D eigenvalue weighted by Crippen LogP contribution is 2.70. The molecule has 5 aliphatic heterocycles. The zero-order chi connectivity index (χ0) is 42.6. The minimum Gasteiger partial charge on any atom is -0.394 e. The van der Waals surface area contributed by atoms with Gasteiger partial charge in [-0.15, -0.1) is 0 Å². The van der Waals surface area contributed by atoms with Gasteiger partial charge in [0, 0.05) is 12.3 Å². The van der Waals surface area contributed by atoms with E-state index in [0.717, 1.165) is 45.1 Å². The first-order valence-corrected chi connectivity index (χ1v) is 22.8. The number of fused-ring (bicyclic) bond motifs is 7. The van der Waals surface area contributed by atoms with E-state index in [9.17, 15) is 40.9 Å². The van der Waals surface area contributed by atoms with Crippen LogP contribution in [0.1, 0.15) is 92.4 Å². The molecule has 3 saturated carbocycles. The number of allylic oxidation sites excluding steroid dienone is 1. The van der Waals surface area contributed by atoms with Gasteiger partial charge in [0.05, 0.1) is 38.1 Å². The highest BCUT2D eigenvalue weighted by Gasteiger charge is 2.69.